The van der Waals surface area contributed by atoms with Gasteiger partial charge in [0, 0.05) is 0 Å². The number of hydrogen-bond acceptors (Lipinski definition) is 4. The van der Waals surface area contributed by atoms with Crippen molar-refractivity contribution in [1.82, 2.24) is 0 Å². The molecule has 3 rings (SSSR count). The predicted molar refractivity (Wildman–Crippen MR) is 62.2 cm³/mol. The molecular weight excluding hydrogens is 220 g/mol. The number of carbonyl (C=O) groups excluding carboxylic acids is 2. The van der Waals surface area contributed by atoms with Crippen molar-refractivity contribution < 1.29 is 14.0 Å². The summed E-state index contributed by atoms with van der Waals surface area (Å²) in [6.45, 7) is 0. The Morgan fingerprint density at radius 2 is 2.06 bits per heavy atom. The van der Waals surface area contributed by atoms with Gasteiger partial charge in [0.2, 0.25) is 5.91 Å². The zero-order valence-corrected chi connectivity index (χ0v) is 9.41. The molecule has 1 saturated carbocycles. The van der Waals surface area contributed by atoms with Gasteiger partial charge in [0.05, 0.1) is 5.69 Å². The highest BCUT2D eigenvalue weighted by Crippen LogP contribution is 2.40. The first-order valence-corrected chi connectivity index (χ1v) is 5.91. The van der Waals surface area contributed by atoms with Crippen LogP contribution in [-0.2, 0) is 4.79 Å². The summed E-state index contributed by atoms with van der Waals surface area (Å²) in [6.07, 6.45) is 7.05. The van der Waals surface area contributed by atoms with Gasteiger partial charge in [-0.05, 0) is 12.8 Å². The van der Waals surface area contributed by atoms with Gasteiger partial charge in [0.1, 0.15) is 17.5 Å². The molecule has 1 aliphatic carbocycles. The van der Waals surface area contributed by atoms with Crippen molar-refractivity contribution in [1.29, 1.82) is 0 Å². The van der Waals surface area contributed by atoms with Crippen molar-refractivity contribution in [2.24, 2.45) is 0 Å². The number of amides is 1. The molecule has 1 aromatic heterocycles. The van der Waals surface area contributed by atoms with Crippen LogP contribution in [0.15, 0.2) is 10.7 Å². The van der Waals surface area contributed by atoms with E-state index < -0.39 is 5.54 Å². The molecule has 0 unspecified atom stereocenters. The Bertz CT molecular complexity index is 472. The molecule has 90 valence electrons. The summed E-state index contributed by atoms with van der Waals surface area (Å²) in [5.41, 5.74) is 0.685. The Kier molecular flexibility index (Phi) is 2.21. The number of furan rings is 1. The maximum Gasteiger partial charge on any atom is 0.250 e. The van der Waals surface area contributed by atoms with Crippen LogP contribution < -0.4 is 10.6 Å². The first kappa shape index (κ1) is 10.4. The first-order valence-electron chi connectivity index (χ1n) is 5.91. The molecule has 2 heterocycles. The van der Waals surface area contributed by atoms with Gasteiger partial charge in [0.15, 0.2) is 12.0 Å². The first-order chi connectivity index (χ1) is 8.25. The Hall–Kier alpha value is -1.78. The zero-order valence-electron chi connectivity index (χ0n) is 9.41. The summed E-state index contributed by atoms with van der Waals surface area (Å²) in [7, 11) is 0. The van der Waals surface area contributed by atoms with Gasteiger partial charge in [-0.1, -0.05) is 19.3 Å². The highest BCUT2D eigenvalue weighted by Gasteiger charge is 2.44. The standard InChI is InChI=1S/C12H14N2O3/c15-6-9-10-8(7-17-9)14-12(11(16)13-10)4-2-1-3-5-12/h6-7,14H,1-5H2,(H,13,16). The fourth-order valence-electron chi connectivity index (χ4n) is 2.74. The maximum absolute atomic E-state index is 12.2. The molecule has 1 fully saturated rings. The van der Waals surface area contributed by atoms with E-state index in [2.05, 4.69) is 10.6 Å². The average Bonchev–Trinajstić information content (AvgIpc) is 2.73. The topological polar surface area (TPSA) is 71.3 Å². The molecule has 0 radical (unpaired) electrons. The highest BCUT2D eigenvalue weighted by molar-refractivity contribution is 6.08. The zero-order chi connectivity index (χ0) is 11.9. The van der Waals surface area contributed by atoms with Gasteiger partial charge in [-0.2, -0.15) is 0 Å². The lowest BCUT2D eigenvalue weighted by Crippen LogP contribution is -2.53. The summed E-state index contributed by atoms with van der Waals surface area (Å²) in [5, 5.41) is 6.05. The van der Waals surface area contributed by atoms with Crippen LogP contribution in [0.1, 0.15) is 42.7 Å². The fourth-order valence-corrected chi connectivity index (χ4v) is 2.74. The molecule has 1 aromatic rings. The number of rotatable bonds is 1. The van der Waals surface area contributed by atoms with Crippen molar-refractivity contribution in [3.05, 3.63) is 12.0 Å². The monoisotopic (exact) mass is 234 g/mol. The minimum Gasteiger partial charge on any atom is -0.457 e. The largest absolute Gasteiger partial charge is 0.457 e. The minimum atomic E-state index is -0.505. The molecule has 1 spiro atoms. The van der Waals surface area contributed by atoms with E-state index in [1.807, 2.05) is 0 Å². The molecule has 1 amide bonds. The smallest absolute Gasteiger partial charge is 0.250 e. The lowest BCUT2D eigenvalue weighted by atomic mass is 9.79. The Morgan fingerprint density at radius 3 is 2.76 bits per heavy atom. The second-order valence-electron chi connectivity index (χ2n) is 4.73. The van der Waals surface area contributed by atoms with Crippen LogP contribution in [0, 0.1) is 0 Å². The number of aldehydes is 1. The number of nitrogens with one attached hydrogen (secondary N) is 2. The molecule has 5 heteroatoms. The number of anilines is 2. The molecule has 0 bridgehead atoms. The van der Waals surface area contributed by atoms with E-state index in [1.54, 1.807) is 0 Å². The molecule has 17 heavy (non-hydrogen) atoms. The maximum atomic E-state index is 12.2. The Morgan fingerprint density at radius 1 is 1.29 bits per heavy atom. The number of hydrogen-bond donors (Lipinski definition) is 2. The molecule has 2 N–H and O–H groups in total. The number of carbonyl (C=O) groups is 2. The van der Waals surface area contributed by atoms with Crippen molar-refractivity contribution in [2.45, 2.75) is 37.6 Å². The van der Waals surface area contributed by atoms with Gasteiger partial charge in [-0.15, -0.1) is 0 Å². The second-order valence-corrected chi connectivity index (χ2v) is 4.73. The van der Waals surface area contributed by atoms with Gasteiger partial charge in [-0.25, -0.2) is 0 Å². The quantitative estimate of drug-likeness (QED) is 0.730. The van der Waals surface area contributed by atoms with E-state index in [1.165, 1.54) is 12.7 Å². The lowest BCUT2D eigenvalue weighted by Gasteiger charge is -2.40. The summed E-state index contributed by atoms with van der Waals surface area (Å²) in [6, 6.07) is 0. The molecule has 5 nitrogen and oxygen atoms in total. The molecule has 0 saturated heterocycles. The normalized spacial score (nSPS) is 21.5. The molecule has 0 atom stereocenters. The molecule has 0 aromatic carbocycles. The van der Waals surface area contributed by atoms with Crippen LogP contribution in [0.5, 0.6) is 0 Å². The Labute approximate surface area is 98.6 Å². The van der Waals surface area contributed by atoms with Crippen LogP contribution in [0.3, 0.4) is 0 Å². The van der Waals surface area contributed by atoms with Crippen molar-refractivity contribution >= 4 is 23.6 Å². The van der Waals surface area contributed by atoms with E-state index >= 15 is 0 Å². The van der Waals surface area contributed by atoms with Crippen molar-refractivity contribution in [3.8, 4) is 0 Å². The summed E-state index contributed by atoms with van der Waals surface area (Å²) < 4.78 is 5.10. The van der Waals surface area contributed by atoms with E-state index in [0.29, 0.717) is 17.7 Å². The number of fused-ring (bicyclic) bond motifs is 1. The molecule has 1 aliphatic heterocycles. The van der Waals surface area contributed by atoms with Gasteiger partial charge in [0.25, 0.3) is 0 Å². The van der Waals surface area contributed by atoms with Crippen LogP contribution >= 0.6 is 0 Å². The van der Waals surface area contributed by atoms with E-state index in [9.17, 15) is 9.59 Å². The SMILES string of the molecule is O=Cc1occ2c1NC(=O)C1(CCCCC1)N2. The predicted octanol–water partition coefficient (Wildman–Crippen LogP) is 2.16. The highest BCUT2D eigenvalue weighted by atomic mass is 16.3. The van der Waals surface area contributed by atoms with Crippen LogP contribution in [0.25, 0.3) is 0 Å². The molecule has 2 aliphatic rings. The van der Waals surface area contributed by atoms with Gasteiger partial charge >= 0.3 is 0 Å². The van der Waals surface area contributed by atoms with E-state index in [0.717, 1.165) is 25.7 Å². The summed E-state index contributed by atoms with van der Waals surface area (Å²) in [5.74, 6) is 0.126. The van der Waals surface area contributed by atoms with Crippen LogP contribution in [0.4, 0.5) is 11.4 Å². The van der Waals surface area contributed by atoms with Gasteiger partial charge < -0.3 is 15.1 Å². The minimum absolute atomic E-state index is 0.0470. The van der Waals surface area contributed by atoms with Gasteiger partial charge in [-0.3, -0.25) is 9.59 Å². The second kappa shape index (κ2) is 3.61. The average molecular weight is 234 g/mol. The van der Waals surface area contributed by atoms with Crippen LogP contribution in [0.2, 0.25) is 0 Å². The van der Waals surface area contributed by atoms with E-state index in [4.69, 9.17) is 4.42 Å². The van der Waals surface area contributed by atoms with Crippen molar-refractivity contribution in [2.75, 3.05) is 10.6 Å². The summed E-state index contributed by atoms with van der Waals surface area (Å²) >= 11 is 0. The third-order valence-corrected chi connectivity index (χ3v) is 3.68. The van der Waals surface area contributed by atoms with Crippen LogP contribution in [-0.4, -0.2) is 17.7 Å². The fraction of sp³-hybridized carbons (Fsp3) is 0.500. The Balaban J connectivity index is 1.97. The third-order valence-electron chi connectivity index (χ3n) is 3.68. The third kappa shape index (κ3) is 1.45. The van der Waals surface area contributed by atoms with Crippen molar-refractivity contribution in [3.63, 3.8) is 0 Å². The lowest BCUT2D eigenvalue weighted by molar-refractivity contribution is -0.121. The van der Waals surface area contributed by atoms with E-state index in [-0.39, 0.29) is 11.7 Å². The molecular formula is C12H14N2O3. The summed E-state index contributed by atoms with van der Waals surface area (Å²) in [4.78, 5) is 22.9.